The molecule has 110 valence electrons. The number of hydrazone groups is 1. The van der Waals surface area contributed by atoms with Gasteiger partial charge in [0.05, 0.1) is 5.56 Å². The van der Waals surface area contributed by atoms with E-state index in [0.29, 0.717) is 5.56 Å². The van der Waals surface area contributed by atoms with Crippen molar-refractivity contribution in [3.63, 3.8) is 0 Å². The van der Waals surface area contributed by atoms with Crippen LogP contribution in [0.2, 0.25) is 0 Å². The summed E-state index contributed by atoms with van der Waals surface area (Å²) in [4.78, 5) is 15.3. The third-order valence-corrected chi connectivity index (χ3v) is 3.62. The number of nitrogens with one attached hydrogen (secondary N) is 2. The Hall–Kier alpha value is -2.88. The number of amides is 1. The Morgan fingerprint density at radius 1 is 1.14 bits per heavy atom. The van der Waals surface area contributed by atoms with Crippen LogP contribution in [0.15, 0.2) is 65.9 Å². The zero-order chi connectivity index (χ0) is 15.4. The maximum atomic E-state index is 12.2. The zero-order valence-electron chi connectivity index (χ0n) is 12.3. The van der Waals surface area contributed by atoms with Crippen LogP contribution in [0.25, 0.3) is 10.9 Å². The predicted octanol–water partition coefficient (Wildman–Crippen LogP) is 3.69. The molecule has 0 aliphatic rings. The Balaban J connectivity index is 1.69. The van der Waals surface area contributed by atoms with Gasteiger partial charge in [-0.25, -0.2) is 5.43 Å². The number of nitrogens with zero attached hydrogens (tertiary/aromatic N) is 1. The first-order chi connectivity index (χ1) is 10.8. The average molecular weight is 291 g/mol. The topological polar surface area (TPSA) is 57.2 Å². The fraction of sp³-hybridized carbons (Fsp3) is 0.111. The number of aromatic amines is 1. The molecule has 0 saturated heterocycles. The fourth-order valence-electron chi connectivity index (χ4n) is 2.37. The van der Waals surface area contributed by atoms with E-state index < -0.39 is 0 Å². The molecule has 1 aromatic heterocycles. The molecule has 3 rings (SSSR count). The van der Waals surface area contributed by atoms with Crippen LogP contribution in [-0.2, 0) is 0 Å². The summed E-state index contributed by atoms with van der Waals surface area (Å²) < 4.78 is 0. The first-order valence-electron chi connectivity index (χ1n) is 7.20. The van der Waals surface area contributed by atoms with Gasteiger partial charge in [0.15, 0.2) is 0 Å². The number of aromatic nitrogens is 1. The third kappa shape index (κ3) is 2.91. The lowest BCUT2D eigenvalue weighted by atomic mass is 10.0. The lowest BCUT2D eigenvalue weighted by Crippen LogP contribution is -2.17. The van der Waals surface area contributed by atoms with Crippen LogP contribution in [0.1, 0.15) is 28.8 Å². The molecule has 4 heteroatoms. The molecular weight excluding hydrogens is 274 g/mol. The smallest absolute Gasteiger partial charge is 0.273 e. The monoisotopic (exact) mass is 291 g/mol. The molecule has 0 radical (unpaired) electrons. The molecule has 4 nitrogen and oxygen atoms in total. The van der Waals surface area contributed by atoms with E-state index in [0.717, 1.165) is 16.5 Å². The first kappa shape index (κ1) is 14.1. The summed E-state index contributed by atoms with van der Waals surface area (Å²) >= 11 is 0. The molecular formula is C18H17N3O. The number of hydrogen-bond acceptors (Lipinski definition) is 2. The second-order valence-electron chi connectivity index (χ2n) is 5.17. The van der Waals surface area contributed by atoms with Crippen LogP contribution < -0.4 is 5.43 Å². The number of H-pyrrole nitrogens is 1. The minimum Gasteiger partial charge on any atom is -0.360 e. The summed E-state index contributed by atoms with van der Waals surface area (Å²) in [5, 5.41) is 4.97. The number of rotatable bonds is 4. The molecule has 0 aliphatic carbocycles. The Bertz CT molecular complexity index is 805. The lowest BCUT2D eigenvalue weighted by Gasteiger charge is -2.05. The van der Waals surface area contributed by atoms with Crippen molar-refractivity contribution in [1.29, 1.82) is 0 Å². The minimum absolute atomic E-state index is 0.143. The largest absolute Gasteiger partial charge is 0.360 e. The van der Waals surface area contributed by atoms with Crippen molar-refractivity contribution in [2.75, 3.05) is 0 Å². The second-order valence-corrected chi connectivity index (χ2v) is 5.17. The Morgan fingerprint density at radius 2 is 1.86 bits per heavy atom. The highest BCUT2D eigenvalue weighted by molar-refractivity contribution is 6.06. The van der Waals surface area contributed by atoms with Gasteiger partial charge in [-0.15, -0.1) is 0 Å². The van der Waals surface area contributed by atoms with Crippen molar-refractivity contribution in [2.24, 2.45) is 5.10 Å². The van der Waals surface area contributed by atoms with E-state index in [1.165, 1.54) is 0 Å². The summed E-state index contributed by atoms with van der Waals surface area (Å²) in [6.07, 6.45) is 3.44. The van der Waals surface area contributed by atoms with E-state index in [2.05, 4.69) is 15.5 Å². The summed E-state index contributed by atoms with van der Waals surface area (Å²) in [6.45, 7) is 2.04. The molecule has 0 saturated carbocycles. The molecule has 22 heavy (non-hydrogen) atoms. The van der Waals surface area contributed by atoms with Crippen molar-refractivity contribution in [1.82, 2.24) is 10.4 Å². The summed E-state index contributed by atoms with van der Waals surface area (Å²) in [5.41, 5.74) is 5.28. The van der Waals surface area contributed by atoms with Crippen molar-refractivity contribution < 1.29 is 4.79 Å². The SMILES string of the molecule is CC(C=NNC(=O)c1c[nH]c2ccccc12)c1ccccc1. The first-order valence-corrected chi connectivity index (χ1v) is 7.20. The van der Waals surface area contributed by atoms with E-state index in [4.69, 9.17) is 0 Å². The minimum atomic E-state index is -0.214. The predicted molar refractivity (Wildman–Crippen MR) is 89.1 cm³/mol. The molecule has 0 spiro atoms. The summed E-state index contributed by atoms with van der Waals surface area (Å²) in [5.74, 6) is -0.0709. The maximum absolute atomic E-state index is 12.2. The van der Waals surface area contributed by atoms with E-state index in [9.17, 15) is 4.79 Å². The number of hydrogen-bond donors (Lipinski definition) is 2. The molecule has 0 bridgehead atoms. The molecule has 2 N–H and O–H groups in total. The molecule has 3 aromatic rings. The quantitative estimate of drug-likeness (QED) is 0.559. The van der Waals surface area contributed by atoms with Gasteiger partial charge in [0.1, 0.15) is 0 Å². The number of benzene rings is 2. The maximum Gasteiger partial charge on any atom is 0.273 e. The molecule has 1 amide bonds. The van der Waals surface area contributed by atoms with E-state index in [1.54, 1.807) is 12.4 Å². The van der Waals surface area contributed by atoms with Crippen molar-refractivity contribution in [3.8, 4) is 0 Å². The zero-order valence-corrected chi connectivity index (χ0v) is 12.3. The van der Waals surface area contributed by atoms with Crippen LogP contribution >= 0.6 is 0 Å². The Labute approximate surface area is 128 Å². The molecule has 0 fully saturated rings. The van der Waals surface area contributed by atoms with Crippen molar-refractivity contribution >= 4 is 23.0 Å². The molecule has 2 aromatic carbocycles. The highest BCUT2D eigenvalue weighted by atomic mass is 16.2. The van der Waals surface area contributed by atoms with Crippen molar-refractivity contribution in [3.05, 3.63) is 71.9 Å². The van der Waals surface area contributed by atoms with Crippen LogP contribution in [-0.4, -0.2) is 17.1 Å². The Morgan fingerprint density at radius 3 is 2.68 bits per heavy atom. The second kappa shape index (κ2) is 6.26. The van der Waals surface area contributed by atoms with Gasteiger partial charge in [-0.3, -0.25) is 4.79 Å². The lowest BCUT2D eigenvalue weighted by molar-refractivity contribution is 0.0956. The number of carbonyl (C=O) groups is 1. The van der Waals surface area contributed by atoms with Crippen LogP contribution in [0.4, 0.5) is 0 Å². The van der Waals surface area contributed by atoms with E-state index in [1.807, 2.05) is 61.5 Å². The summed E-state index contributed by atoms with van der Waals surface area (Å²) in [6, 6.07) is 17.7. The number of carbonyl (C=O) groups excluding carboxylic acids is 1. The van der Waals surface area contributed by atoms with Gasteiger partial charge in [0.2, 0.25) is 0 Å². The van der Waals surface area contributed by atoms with Crippen LogP contribution in [0, 0.1) is 0 Å². The fourth-order valence-corrected chi connectivity index (χ4v) is 2.37. The number of para-hydroxylation sites is 1. The highest BCUT2D eigenvalue weighted by Gasteiger charge is 2.10. The number of fused-ring (bicyclic) bond motifs is 1. The van der Waals surface area contributed by atoms with E-state index >= 15 is 0 Å². The van der Waals surface area contributed by atoms with Crippen LogP contribution in [0.3, 0.4) is 0 Å². The standard InChI is InChI=1S/C18H17N3O/c1-13(14-7-3-2-4-8-14)11-20-21-18(22)16-12-19-17-10-6-5-9-15(16)17/h2-13,19H,1H3,(H,21,22). The van der Waals surface area contributed by atoms with Gasteiger partial charge in [-0.2, -0.15) is 5.10 Å². The summed E-state index contributed by atoms with van der Waals surface area (Å²) in [7, 11) is 0. The normalized spacial score (nSPS) is 12.6. The molecule has 0 aliphatic heterocycles. The van der Waals surface area contributed by atoms with E-state index in [-0.39, 0.29) is 11.8 Å². The Kier molecular flexibility index (Phi) is 4.01. The van der Waals surface area contributed by atoms with Crippen molar-refractivity contribution in [2.45, 2.75) is 12.8 Å². The van der Waals surface area contributed by atoms with Gasteiger partial charge in [-0.1, -0.05) is 55.5 Å². The van der Waals surface area contributed by atoms with Gasteiger partial charge >= 0.3 is 0 Å². The molecule has 1 heterocycles. The van der Waals surface area contributed by atoms with Gasteiger partial charge in [-0.05, 0) is 11.6 Å². The van der Waals surface area contributed by atoms with Gasteiger partial charge in [0, 0.05) is 29.2 Å². The van der Waals surface area contributed by atoms with Crippen LogP contribution in [0.5, 0.6) is 0 Å². The van der Waals surface area contributed by atoms with Gasteiger partial charge < -0.3 is 4.98 Å². The molecule has 1 unspecified atom stereocenters. The third-order valence-electron chi connectivity index (χ3n) is 3.62. The highest BCUT2D eigenvalue weighted by Crippen LogP contribution is 2.17. The van der Waals surface area contributed by atoms with Gasteiger partial charge in [0.25, 0.3) is 5.91 Å². The molecule has 1 atom stereocenters. The average Bonchev–Trinajstić information content (AvgIpc) is 2.99.